The minimum Gasteiger partial charge on any atom is -0.339 e. The second-order valence-corrected chi connectivity index (χ2v) is 5.47. The lowest BCUT2D eigenvalue weighted by atomic mass is 10.3. The van der Waals surface area contributed by atoms with E-state index in [9.17, 15) is 4.79 Å². The molecule has 2 aromatic heterocycles. The average molecular weight is 344 g/mol. The zero-order valence-corrected chi connectivity index (χ0v) is 12.7. The molecule has 0 atom stereocenters. The molecule has 0 aromatic carbocycles. The number of aromatic nitrogens is 3. The summed E-state index contributed by atoms with van der Waals surface area (Å²) in [5.74, 6) is 0.123. The third kappa shape index (κ3) is 3.33. The maximum absolute atomic E-state index is 12.2. The summed E-state index contributed by atoms with van der Waals surface area (Å²) in [5, 5.41) is 3.21. The standard InChI is InChI=1S/C12H12BrClN4O/c1-7(2)18-6-8(14)3-9(18)12(19)17-11-5-15-10(13)4-16-11/h3-7H,1-2H3,(H,16,17,19). The highest BCUT2D eigenvalue weighted by Crippen LogP contribution is 2.19. The first-order valence-electron chi connectivity index (χ1n) is 5.63. The maximum Gasteiger partial charge on any atom is 0.273 e. The van der Waals surface area contributed by atoms with Gasteiger partial charge in [0.15, 0.2) is 5.82 Å². The molecule has 1 amide bonds. The Hall–Kier alpha value is -1.40. The number of carbonyl (C=O) groups is 1. The minimum atomic E-state index is -0.266. The van der Waals surface area contributed by atoms with Crippen molar-refractivity contribution in [1.29, 1.82) is 0 Å². The number of carbonyl (C=O) groups excluding carboxylic acids is 1. The first kappa shape index (κ1) is 14.0. The van der Waals surface area contributed by atoms with Gasteiger partial charge in [0.1, 0.15) is 10.3 Å². The monoisotopic (exact) mass is 342 g/mol. The van der Waals surface area contributed by atoms with Crippen LogP contribution in [0.25, 0.3) is 0 Å². The summed E-state index contributed by atoms with van der Waals surface area (Å²) in [5.41, 5.74) is 0.490. The number of halogens is 2. The molecular weight excluding hydrogens is 332 g/mol. The molecule has 0 aliphatic rings. The molecule has 0 aliphatic carbocycles. The molecule has 0 radical (unpaired) electrons. The van der Waals surface area contributed by atoms with E-state index >= 15 is 0 Å². The number of amides is 1. The summed E-state index contributed by atoms with van der Waals surface area (Å²) in [6.07, 6.45) is 4.73. The summed E-state index contributed by atoms with van der Waals surface area (Å²) < 4.78 is 2.42. The van der Waals surface area contributed by atoms with Gasteiger partial charge in [0.05, 0.1) is 17.4 Å². The third-order valence-electron chi connectivity index (χ3n) is 2.47. The Morgan fingerprint density at radius 2 is 2.16 bits per heavy atom. The Balaban J connectivity index is 2.22. The van der Waals surface area contributed by atoms with E-state index in [4.69, 9.17) is 11.6 Å². The highest BCUT2D eigenvalue weighted by Gasteiger charge is 2.15. The summed E-state index contributed by atoms with van der Waals surface area (Å²) in [4.78, 5) is 20.2. The van der Waals surface area contributed by atoms with Crippen LogP contribution in [-0.2, 0) is 0 Å². The fraction of sp³-hybridized carbons (Fsp3) is 0.250. The van der Waals surface area contributed by atoms with Crippen LogP contribution < -0.4 is 5.32 Å². The van der Waals surface area contributed by atoms with Crippen LogP contribution in [0.4, 0.5) is 5.82 Å². The van der Waals surface area contributed by atoms with E-state index in [1.165, 1.54) is 12.4 Å². The number of nitrogens with one attached hydrogen (secondary N) is 1. The first-order chi connectivity index (χ1) is 8.97. The van der Waals surface area contributed by atoms with Crippen LogP contribution in [0.15, 0.2) is 29.3 Å². The first-order valence-corrected chi connectivity index (χ1v) is 6.80. The van der Waals surface area contributed by atoms with Gasteiger partial charge in [-0.05, 0) is 35.8 Å². The van der Waals surface area contributed by atoms with Crippen LogP contribution in [0.1, 0.15) is 30.4 Å². The van der Waals surface area contributed by atoms with Gasteiger partial charge in [-0.1, -0.05) is 11.6 Å². The van der Waals surface area contributed by atoms with Gasteiger partial charge in [-0.2, -0.15) is 0 Å². The average Bonchev–Trinajstić information content (AvgIpc) is 2.74. The third-order valence-corrected chi connectivity index (χ3v) is 3.08. The topological polar surface area (TPSA) is 59.8 Å². The Morgan fingerprint density at radius 1 is 1.42 bits per heavy atom. The molecule has 0 aliphatic heterocycles. The normalized spacial score (nSPS) is 10.8. The molecule has 0 spiro atoms. The SMILES string of the molecule is CC(C)n1cc(Cl)cc1C(=O)Nc1cnc(Br)cn1. The molecule has 0 bridgehead atoms. The van der Waals surface area contributed by atoms with Crippen molar-refractivity contribution < 1.29 is 4.79 Å². The quantitative estimate of drug-likeness (QED) is 0.927. The van der Waals surface area contributed by atoms with Gasteiger partial charge in [0.2, 0.25) is 0 Å². The summed E-state index contributed by atoms with van der Waals surface area (Å²) in [6, 6.07) is 1.77. The van der Waals surface area contributed by atoms with E-state index in [0.717, 1.165) is 0 Å². The number of anilines is 1. The summed E-state index contributed by atoms with van der Waals surface area (Å²) in [7, 11) is 0. The number of hydrogen-bond acceptors (Lipinski definition) is 3. The largest absolute Gasteiger partial charge is 0.339 e. The number of rotatable bonds is 3. The lowest BCUT2D eigenvalue weighted by molar-refractivity contribution is 0.101. The molecule has 2 rings (SSSR count). The molecule has 2 heterocycles. The van der Waals surface area contributed by atoms with E-state index < -0.39 is 0 Å². The van der Waals surface area contributed by atoms with Crippen molar-refractivity contribution in [3.63, 3.8) is 0 Å². The van der Waals surface area contributed by atoms with Crippen molar-refractivity contribution in [3.05, 3.63) is 40.0 Å². The van der Waals surface area contributed by atoms with Gasteiger partial charge in [0, 0.05) is 12.2 Å². The lowest BCUT2D eigenvalue weighted by Crippen LogP contribution is -2.18. The maximum atomic E-state index is 12.2. The van der Waals surface area contributed by atoms with Gasteiger partial charge >= 0.3 is 0 Å². The predicted octanol–water partition coefficient (Wildman–Crippen LogP) is 3.53. The van der Waals surface area contributed by atoms with Gasteiger partial charge in [-0.15, -0.1) is 0 Å². The van der Waals surface area contributed by atoms with Crippen LogP contribution in [0.5, 0.6) is 0 Å². The second kappa shape index (κ2) is 5.71. The lowest BCUT2D eigenvalue weighted by Gasteiger charge is -2.12. The van der Waals surface area contributed by atoms with Crippen molar-refractivity contribution >= 4 is 39.3 Å². The zero-order chi connectivity index (χ0) is 14.0. The van der Waals surface area contributed by atoms with Gasteiger partial charge in [0.25, 0.3) is 5.91 Å². The van der Waals surface area contributed by atoms with Crippen LogP contribution in [-0.4, -0.2) is 20.4 Å². The highest BCUT2D eigenvalue weighted by atomic mass is 79.9. The van der Waals surface area contributed by atoms with E-state index in [1.807, 2.05) is 18.4 Å². The van der Waals surface area contributed by atoms with Crippen molar-refractivity contribution in [2.45, 2.75) is 19.9 Å². The smallest absolute Gasteiger partial charge is 0.273 e. The molecule has 5 nitrogen and oxygen atoms in total. The molecule has 0 fully saturated rings. The summed E-state index contributed by atoms with van der Waals surface area (Å²) in [6.45, 7) is 3.96. The Morgan fingerprint density at radius 3 is 2.74 bits per heavy atom. The molecule has 19 heavy (non-hydrogen) atoms. The molecule has 0 saturated carbocycles. The van der Waals surface area contributed by atoms with E-state index in [1.54, 1.807) is 12.3 Å². The van der Waals surface area contributed by atoms with Gasteiger partial charge in [-0.25, -0.2) is 9.97 Å². The molecule has 100 valence electrons. The van der Waals surface area contributed by atoms with Crippen LogP contribution >= 0.6 is 27.5 Å². The molecular formula is C12H12BrClN4O. The van der Waals surface area contributed by atoms with Crippen molar-refractivity contribution in [1.82, 2.24) is 14.5 Å². The molecule has 0 saturated heterocycles. The molecule has 2 aromatic rings. The minimum absolute atomic E-state index is 0.143. The highest BCUT2D eigenvalue weighted by molar-refractivity contribution is 9.10. The molecule has 7 heteroatoms. The van der Waals surface area contributed by atoms with Gasteiger partial charge in [-0.3, -0.25) is 4.79 Å². The van der Waals surface area contributed by atoms with E-state index in [2.05, 4.69) is 31.2 Å². The van der Waals surface area contributed by atoms with E-state index in [-0.39, 0.29) is 11.9 Å². The number of hydrogen-bond donors (Lipinski definition) is 1. The fourth-order valence-corrected chi connectivity index (χ4v) is 2.03. The second-order valence-electron chi connectivity index (χ2n) is 4.22. The fourth-order valence-electron chi connectivity index (χ4n) is 1.61. The van der Waals surface area contributed by atoms with Crippen molar-refractivity contribution in [2.24, 2.45) is 0 Å². The van der Waals surface area contributed by atoms with Crippen molar-refractivity contribution in [3.8, 4) is 0 Å². The Labute approximate surface area is 124 Å². The van der Waals surface area contributed by atoms with Crippen LogP contribution in [0.3, 0.4) is 0 Å². The van der Waals surface area contributed by atoms with Crippen LogP contribution in [0.2, 0.25) is 5.02 Å². The predicted molar refractivity (Wildman–Crippen MR) is 77.5 cm³/mol. The number of nitrogens with zero attached hydrogens (tertiary/aromatic N) is 3. The Bertz CT molecular complexity index is 594. The van der Waals surface area contributed by atoms with Crippen LogP contribution in [0, 0.1) is 0 Å². The molecule has 1 N–H and O–H groups in total. The summed E-state index contributed by atoms with van der Waals surface area (Å²) >= 11 is 9.13. The van der Waals surface area contributed by atoms with Gasteiger partial charge < -0.3 is 9.88 Å². The Kier molecular flexibility index (Phi) is 4.21. The van der Waals surface area contributed by atoms with Crippen molar-refractivity contribution in [2.75, 3.05) is 5.32 Å². The van der Waals surface area contributed by atoms with E-state index in [0.29, 0.717) is 21.1 Å². The zero-order valence-electron chi connectivity index (χ0n) is 10.4. The molecule has 0 unspecified atom stereocenters.